The fourth-order valence-corrected chi connectivity index (χ4v) is 12.4. The van der Waals surface area contributed by atoms with Gasteiger partial charge in [-0.2, -0.15) is 0 Å². The van der Waals surface area contributed by atoms with E-state index >= 15 is 0 Å². The number of benzene rings is 4. The van der Waals surface area contributed by atoms with Crippen LogP contribution in [0.3, 0.4) is 0 Å². The van der Waals surface area contributed by atoms with E-state index in [0.717, 1.165) is 12.8 Å². The van der Waals surface area contributed by atoms with E-state index < -0.39 is 15.4 Å². The molecule has 0 amide bonds. The van der Waals surface area contributed by atoms with Crippen LogP contribution in [0.15, 0.2) is 166 Å². The van der Waals surface area contributed by atoms with Crippen LogP contribution >= 0.6 is 0 Å². The van der Waals surface area contributed by atoms with E-state index in [1.54, 1.807) is 19.2 Å². The van der Waals surface area contributed by atoms with Crippen LogP contribution in [0.25, 0.3) is 11.1 Å². The van der Waals surface area contributed by atoms with Crippen molar-refractivity contribution in [2.75, 3.05) is 0 Å². The third kappa shape index (κ3) is 9.01. The van der Waals surface area contributed by atoms with Gasteiger partial charge in [-0.1, -0.05) is 83.2 Å². The van der Waals surface area contributed by atoms with E-state index in [1.165, 1.54) is 44.5 Å². The van der Waals surface area contributed by atoms with Gasteiger partial charge in [-0.25, -0.2) is 0 Å². The Kier molecular flexibility index (Phi) is 20.0. The molecule has 2 aliphatic carbocycles. The molecule has 2 heterocycles. The van der Waals surface area contributed by atoms with Crippen molar-refractivity contribution in [1.82, 2.24) is 24.6 Å². The molecular formula is C38H54GeN4O4Si+2. The molecule has 10 heteroatoms. The summed E-state index contributed by atoms with van der Waals surface area (Å²) in [6.45, 7) is 0. The topological polar surface area (TPSA) is 269 Å². The van der Waals surface area contributed by atoms with Gasteiger partial charge in [-0.15, -0.1) is 0 Å². The van der Waals surface area contributed by atoms with Gasteiger partial charge in [-0.3, -0.25) is 0 Å². The molecule has 0 radical (unpaired) electrons. The largest absolute Gasteiger partial charge is 0.412 e. The Morgan fingerprint density at radius 3 is 1.60 bits per heavy atom. The number of hydrogen-bond donors (Lipinski definition) is 4. The summed E-state index contributed by atoms with van der Waals surface area (Å²) in [6, 6.07) is 39.6. The smallest absolute Gasteiger partial charge is 0.0887 e. The number of rotatable bonds is 2. The van der Waals surface area contributed by atoms with E-state index in [4.69, 9.17) is 0 Å². The van der Waals surface area contributed by atoms with Crippen LogP contribution < -0.4 is 34.2 Å². The molecule has 4 aromatic rings. The van der Waals surface area contributed by atoms with Crippen LogP contribution in [-0.4, -0.2) is 46.9 Å². The van der Waals surface area contributed by atoms with Gasteiger partial charge in [0.1, 0.15) is 0 Å². The number of fused-ring (bicyclic) bond motifs is 4. The Hall–Kier alpha value is -4.24. The molecule has 2 aliphatic heterocycles. The molecule has 0 saturated carbocycles. The van der Waals surface area contributed by atoms with Gasteiger partial charge in [0.2, 0.25) is 0 Å². The Morgan fingerprint density at radius 2 is 0.979 bits per heavy atom. The Balaban J connectivity index is 0. The Bertz CT molecular complexity index is 1670. The van der Waals surface area contributed by atoms with Crippen molar-refractivity contribution in [2.45, 2.75) is 12.8 Å². The first-order chi connectivity index (χ1) is 19.9. The molecule has 0 bridgehead atoms. The van der Waals surface area contributed by atoms with E-state index in [2.05, 4.69) is 146 Å². The third-order valence-electron chi connectivity index (χ3n) is 8.26. The number of quaternary nitrogens is 2. The van der Waals surface area contributed by atoms with E-state index in [1.807, 2.05) is 0 Å². The molecule has 0 fully saturated rings. The molecule has 4 aromatic carbocycles. The minimum atomic E-state index is -0.805. The summed E-state index contributed by atoms with van der Waals surface area (Å²) in [7, 11) is -0.321. The molecule has 22 N–H and O–H groups in total. The zero-order chi connectivity index (χ0) is 26.7. The minimum absolute atomic E-state index is 0. The van der Waals surface area contributed by atoms with Crippen LogP contribution in [0, 0.1) is 0 Å². The fourth-order valence-electron chi connectivity index (χ4n) is 6.42. The third-order valence-corrected chi connectivity index (χ3v) is 14.6. The van der Waals surface area contributed by atoms with Crippen LogP contribution in [-0.2, 0) is 0 Å². The first kappa shape index (κ1) is 45.9. The molecule has 8 rings (SSSR count). The number of allylic oxidation sites excluding steroid dienone is 10. The SMILES string of the molecule is C1=CC2=C(c3ccccc3)c3cccc[c]3[GeH2][C]2=CC1.C1=CC2=C(c3ccccc3)c3ccccc3[SiH2]C2=CC1.N.N.O.O.O.O.[NH4+].[NH4+]. The molecule has 8 nitrogen and oxygen atoms in total. The normalized spacial score (nSPS) is 14.8. The van der Waals surface area contributed by atoms with Gasteiger partial charge >= 0.3 is 126 Å². The maximum Gasteiger partial charge on any atom is 0.0887 e. The minimum Gasteiger partial charge on any atom is -0.412 e. The standard InChI is InChI=1S/C19H16Ge.C19H16Si.4H3N.4H2O/c2*1-2-8-14(9-3-1)19-15-10-4-6-12-17(15)20-18-13-7-5-11-16(18)19;;;;;;;;/h2*1-6,8-13H,7,20H2;4*1H3;4*1H2/p+2. The summed E-state index contributed by atoms with van der Waals surface area (Å²) >= 11 is -0.805. The molecule has 4 aliphatic rings. The van der Waals surface area contributed by atoms with Crippen LogP contribution in [0.4, 0.5) is 0 Å². The van der Waals surface area contributed by atoms with Crippen LogP contribution in [0.1, 0.15) is 35.1 Å². The van der Waals surface area contributed by atoms with Crippen LogP contribution in [0.5, 0.6) is 0 Å². The predicted octanol–water partition coefficient (Wildman–Crippen LogP) is 4.06. The quantitative estimate of drug-likeness (QED) is 0.222. The van der Waals surface area contributed by atoms with E-state index in [-0.39, 0.29) is 56.0 Å². The molecule has 0 spiro atoms. The molecule has 0 saturated heterocycles. The van der Waals surface area contributed by atoms with Gasteiger partial charge < -0.3 is 46.5 Å². The van der Waals surface area contributed by atoms with Gasteiger partial charge in [0.15, 0.2) is 0 Å². The van der Waals surface area contributed by atoms with Crippen molar-refractivity contribution in [3.8, 4) is 0 Å². The molecule has 0 unspecified atom stereocenters. The number of hydrogen-bond acceptors (Lipinski definition) is 2. The summed E-state index contributed by atoms with van der Waals surface area (Å²) in [6.07, 6.45) is 16.3. The summed E-state index contributed by atoms with van der Waals surface area (Å²) in [5.74, 6) is 0. The summed E-state index contributed by atoms with van der Waals surface area (Å²) in [4.78, 5) is 0. The second-order valence-corrected chi connectivity index (χ2v) is 16.5. The van der Waals surface area contributed by atoms with Crippen molar-refractivity contribution in [1.29, 1.82) is 0 Å². The molecule has 256 valence electrons. The average Bonchev–Trinajstić information content (AvgIpc) is 3.03. The van der Waals surface area contributed by atoms with Crippen LogP contribution in [0.2, 0.25) is 0 Å². The zero-order valence-corrected chi connectivity index (χ0v) is 32.5. The first-order valence-electron chi connectivity index (χ1n) is 14.3. The van der Waals surface area contributed by atoms with Crippen molar-refractivity contribution < 1.29 is 21.9 Å². The zero-order valence-electron chi connectivity index (χ0n) is 28.1. The van der Waals surface area contributed by atoms with Crippen molar-refractivity contribution in [3.05, 3.63) is 189 Å². The summed E-state index contributed by atoms with van der Waals surface area (Å²) in [5.41, 5.74) is 11.4. The van der Waals surface area contributed by atoms with E-state index in [9.17, 15) is 0 Å². The average molecular weight is 732 g/mol. The van der Waals surface area contributed by atoms with Crippen molar-refractivity contribution in [3.63, 3.8) is 0 Å². The first-order valence-corrected chi connectivity index (χ1v) is 18.7. The molecular weight excluding hydrogens is 677 g/mol. The molecule has 0 atom stereocenters. The fraction of sp³-hybridized carbons (Fsp3) is 0.0526. The van der Waals surface area contributed by atoms with Crippen molar-refractivity contribution >= 4 is 45.7 Å². The van der Waals surface area contributed by atoms with E-state index in [0.29, 0.717) is 0 Å². The predicted molar refractivity (Wildman–Crippen MR) is 214 cm³/mol. The maximum atomic E-state index is 2.45. The summed E-state index contributed by atoms with van der Waals surface area (Å²) in [5, 5.41) is 3.20. The molecule has 48 heavy (non-hydrogen) atoms. The molecule has 0 aromatic heterocycles. The van der Waals surface area contributed by atoms with Gasteiger partial charge in [-0.05, 0) is 28.7 Å². The second-order valence-electron chi connectivity index (χ2n) is 10.7. The monoisotopic (exact) mass is 732 g/mol. The Morgan fingerprint density at radius 1 is 0.500 bits per heavy atom. The Labute approximate surface area is 292 Å². The van der Waals surface area contributed by atoms with Gasteiger partial charge in [0, 0.05) is 0 Å². The maximum absolute atomic E-state index is 2.45. The summed E-state index contributed by atoms with van der Waals surface area (Å²) < 4.78 is 3.29. The van der Waals surface area contributed by atoms with Crippen molar-refractivity contribution in [2.24, 2.45) is 0 Å². The van der Waals surface area contributed by atoms with Gasteiger partial charge in [0.25, 0.3) is 0 Å². The van der Waals surface area contributed by atoms with Gasteiger partial charge in [0.05, 0.1) is 9.52 Å². The second kappa shape index (κ2) is 20.9.